The first-order valence-corrected chi connectivity index (χ1v) is 20.3. The van der Waals surface area contributed by atoms with Gasteiger partial charge in [0.2, 0.25) is 0 Å². The van der Waals surface area contributed by atoms with Crippen molar-refractivity contribution in [1.29, 1.82) is 0 Å². The second kappa shape index (κ2) is 14.5. The Morgan fingerprint density at radius 2 is 1.84 bits per heavy atom. The molecule has 1 spiro atoms. The fourth-order valence-corrected chi connectivity index (χ4v) is 12.5. The highest BCUT2D eigenvalue weighted by molar-refractivity contribution is 8.03. The maximum absolute atomic E-state index is 13.7. The van der Waals surface area contributed by atoms with Crippen molar-refractivity contribution in [3.8, 4) is 5.75 Å². The van der Waals surface area contributed by atoms with Crippen LogP contribution in [0.3, 0.4) is 0 Å². The number of methoxy groups -OCH3 is 1. The standard InChI is InChI=1S/C42H60F2O4S/c1-27-17-22-42(47-26-27)28(2)38-36(48-42)25-35-33-16-11-29-24-31(18-20-40(29,3)34(33)19-21-41(35,38)4)46-23-9-7-6-8-10-37(39(43)44)49-32-14-12-30(45-5)13-15-32/h10-15,27-28,31,33-36,38-39H,6-9,16-26H2,1-5H3/b37-10-/t27-,28+,31+,33-,34+,35+,36+,38+,40+,41+,42-/m1/s1. The summed E-state index contributed by atoms with van der Waals surface area (Å²) in [5, 5.41) is 0. The van der Waals surface area contributed by atoms with Gasteiger partial charge < -0.3 is 18.9 Å². The third-order valence-electron chi connectivity index (χ3n) is 14.4. The Morgan fingerprint density at radius 1 is 1.02 bits per heavy atom. The summed E-state index contributed by atoms with van der Waals surface area (Å²) in [4.78, 5) is 0.936. The summed E-state index contributed by atoms with van der Waals surface area (Å²) in [7, 11) is 1.60. The van der Waals surface area contributed by atoms with Crippen LogP contribution in [0.2, 0.25) is 0 Å². The van der Waals surface area contributed by atoms with Crippen LogP contribution in [0.5, 0.6) is 5.75 Å². The molecule has 6 aliphatic rings. The van der Waals surface area contributed by atoms with Gasteiger partial charge in [-0.2, -0.15) is 0 Å². The molecule has 2 aliphatic heterocycles. The first-order chi connectivity index (χ1) is 23.6. The zero-order valence-corrected chi connectivity index (χ0v) is 31.4. The summed E-state index contributed by atoms with van der Waals surface area (Å²) in [5.41, 5.74) is 2.32. The minimum Gasteiger partial charge on any atom is -0.497 e. The van der Waals surface area contributed by atoms with Gasteiger partial charge in [-0.15, -0.1) is 0 Å². The highest BCUT2D eigenvalue weighted by Gasteiger charge is 2.68. The highest BCUT2D eigenvalue weighted by Crippen LogP contribution is 2.70. The maximum atomic E-state index is 13.7. The number of hydrogen-bond donors (Lipinski definition) is 0. The number of thioether (sulfide) groups is 1. The lowest BCUT2D eigenvalue weighted by molar-refractivity contribution is -0.272. The summed E-state index contributed by atoms with van der Waals surface area (Å²) < 4.78 is 52.5. The topological polar surface area (TPSA) is 36.9 Å². The first kappa shape index (κ1) is 36.0. The van der Waals surface area contributed by atoms with Crippen LogP contribution in [0.15, 0.2) is 51.8 Å². The quantitative estimate of drug-likeness (QED) is 0.131. The second-order valence-corrected chi connectivity index (χ2v) is 18.2. The van der Waals surface area contributed by atoms with Crippen LogP contribution in [-0.2, 0) is 14.2 Å². The Labute approximate surface area is 298 Å². The van der Waals surface area contributed by atoms with Crippen molar-refractivity contribution < 1.29 is 27.7 Å². The average molecular weight is 699 g/mol. The number of allylic oxidation sites excluding steroid dienone is 3. The Hall–Kier alpha value is -1.41. The van der Waals surface area contributed by atoms with Crippen molar-refractivity contribution in [3.05, 3.63) is 46.9 Å². The van der Waals surface area contributed by atoms with Crippen molar-refractivity contribution in [2.75, 3.05) is 20.3 Å². The van der Waals surface area contributed by atoms with Crippen LogP contribution in [0.1, 0.15) is 111 Å². The van der Waals surface area contributed by atoms with Crippen LogP contribution >= 0.6 is 11.8 Å². The minimum atomic E-state index is -2.46. The Balaban J connectivity index is 0.877. The van der Waals surface area contributed by atoms with Crippen LogP contribution in [0.4, 0.5) is 8.78 Å². The van der Waals surface area contributed by atoms with Crippen molar-refractivity contribution in [1.82, 2.24) is 0 Å². The number of halogens is 2. The van der Waals surface area contributed by atoms with Crippen molar-refractivity contribution in [3.63, 3.8) is 0 Å². The summed E-state index contributed by atoms with van der Waals surface area (Å²) in [5.74, 6) is 4.43. The van der Waals surface area contributed by atoms with Gasteiger partial charge in [-0.05, 0) is 135 Å². The molecule has 11 atom stereocenters. The molecule has 2 saturated heterocycles. The number of unbranched alkanes of at least 4 members (excludes halogenated alkanes) is 3. The molecular formula is C42H60F2O4S. The van der Waals surface area contributed by atoms with Crippen LogP contribution in [0.25, 0.3) is 0 Å². The zero-order valence-electron chi connectivity index (χ0n) is 30.6. The second-order valence-electron chi connectivity index (χ2n) is 17.0. The summed E-state index contributed by atoms with van der Waals surface area (Å²) in [6.45, 7) is 11.6. The van der Waals surface area contributed by atoms with Crippen molar-refractivity contribution in [2.45, 2.75) is 140 Å². The fourth-order valence-electron chi connectivity index (χ4n) is 11.7. The molecule has 3 saturated carbocycles. The third-order valence-corrected chi connectivity index (χ3v) is 15.5. The molecule has 5 fully saturated rings. The lowest BCUT2D eigenvalue weighted by Crippen LogP contribution is -2.52. The summed E-state index contributed by atoms with van der Waals surface area (Å²) in [6, 6.07) is 7.27. The van der Waals surface area contributed by atoms with Gasteiger partial charge in [0.25, 0.3) is 6.43 Å². The van der Waals surface area contributed by atoms with Gasteiger partial charge >= 0.3 is 0 Å². The molecule has 0 radical (unpaired) electrons. The normalized spacial score (nSPS) is 41.6. The number of ether oxygens (including phenoxy) is 4. The molecule has 0 aromatic heterocycles. The number of hydrogen-bond acceptors (Lipinski definition) is 5. The smallest absolute Gasteiger partial charge is 0.269 e. The van der Waals surface area contributed by atoms with Crippen molar-refractivity contribution >= 4 is 11.8 Å². The molecule has 1 aromatic rings. The number of benzene rings is 1. The van der Waals surface area contributed by atoms with E-state index in [2.05, 4.69) is 33.8 Å². The molecule has 7 rings (SSSR count). The van der Waals surface area contributed by atoms with Gasteiger partial charge in [-0.25, -0.2) is 8.78 Å². The van der Waals surface area contributed by atoms with Gasteiger partial charge in [0.1, 0.15) is 5.75 Å². The van der Waals surface area contributed by atoms with E-state index >= 15 is 0 Å². The van der Waals surface area contributed by atoms with E-state index in [9.17, 15) is 8.78 Å². The lowest BCUT2D eigenvalue weighted by Gasteiger charge is -2.58. The van der Waals surface area contributed by atoms with E-state index in [0.29, 0.717) is 47.2 Å². The molecule has 4 nitrogen and oxygen atoms in total. The molecule has 7 heteroatoms. The summed E-state index contributed by atoms with van der Waals surface area (Å²) in [6.07, 6.45) is 17.0. The van der Waals surface area contributed by atoms with E-state index in [1.54, 1.807) is 18.8 Å². The third kappa shape index (κ3) is 6.81. The highest BCUT2D eigenvalue weighted by atomic mass is 32.2. The monoisotopic (exact) mass is 698 g/mol. The van der Waals surface area contributed by atoms with E-state index in [0.717, 1.165) is 91.9 Å². The number of fused-ring (bicyclic) bond motifs is 7. The molecule has 49 heavy (non-hydrogen) atoms. The summed E-state index contributed by atoms with van der Waals surface area (Å²) >= 11 is 1.15. The van der Waals surface area contributed by atoms with E-state index in [4.69, 9.17) is 18.9 Å². The largest absolute Gasteiger partial charge is 0.497 e. The predicted molar refractivity (Wildman–Crippen MR) is 193 cm³/mol. The van der Waals surface area contributed by atoms with E-state index in [1.165, 1.54) is 38.5 Å². The maximum Gasteiger partial charge on any atom is 0.269 e. The molecule has 1 aromatic carbocycles. The number of alkyl halides is 2. The van der Waals surface area contributed by atoms with Crippen LogP contribution in [-0.4, -0.2) is 44.7 Å². The SMILES string of the molecule is COc1ccc(S/C(=C\CCCCCO[C@H]2CC[C@@]3(C)C(=CC[C@H]4[C@@H]5C[C@@H]6O[C@]7(CC[C@@H](C)CO7)[C@@H](C)[C@@H]6[C@@]5(C)CC[C@@H]43)C2)C(F)F)cc1. The van der Waals surface area contributed by atoms with Gasteiger partial charge in [0, 0.05) is 23.8 Å². The molecule has 0 unspecified atom stereocenters. The minimum absolute atomic E-state index is 0.132. The zero-order chi connectivity index (χ0) is 34.4. The Bertz CT molecular complexity index is 1350. The molecule has 0 N–H and O–H groups in total. The average Bonchev–Trinajstić information content (AvgIpc) is 3.54. The fraction of sp³-hybridized carbons (Fsp3) is 0.762. The molecule has 2 heterocycles. The molecular weight excluding hydrogens is 639 g/mol. The Morgan fingerprint density at radius 3 is 2.57 bits per heavy atom. The molecule has 4 aliphatic carbocycles. The first-order valence-electron chi connectivity index (χ1n) is 19.5. The van der Waals surface area contributed by atoms with Gasteiger partial charge in [0.15, 0.2) is 5.79 Å². The van der Waals surface area contributed by atoms with Gasteiger partial charge in [-0.1, -0.05) is 63.6 Å². The van der Waals surface area contributed by atoms with Crippen LogP contribution in [0, 0.1) is 46.3 Å². The van der Waals surface area contributed by atoms with E-state index in [1.807, 2.05) is 24.3 Å². The van der Waals surface area contributed by atoms with Gasteiger partial charge in [-0.3, -0.25) is 0 Å². The number of rotatable bonds is 11. The van der Waals surface area contributed by atoms with E-state index in [-0.39, 0.29) is 10.7 Å². The predicted octanol–water partition coefficient (Wildman–Crippen LogP) is 11.2. The van der Waals surface area contributed by atoms with Crippen LogP contribution < -0.4 is 4.74 Å². The Kier molecular flexibility index (Phi) is 10.7. The van der Waals surface area contributed by atoms with Crippen molar-refractivity contribution in [2.24, 2.45) is 46.3 Å². The molecule has 0 amide bonds. The molecule has 0 bridgehead atoms. The van der Waals surface area contributed by atoms with E-state index < -0.39 is 6.43 Å². The molecule has 272 valence electrons. The lowest BCUT2D eigenvalue weighted by atomic mass is 9.47. The van der Waals surface area contributed by atoms with Gasteiger partial charge in [0.05, 0.1) is 30.8 Å².